The molecular weight excluding hydrogens is 168 g/mol. The Labute approximate surface area is 72.6 Å². The minimum atomic E-state index is 1.01. The maximum absolute atomic E-state index is 3.83. The molecule has 0 fully saturated rings. The minimum absolute atomic E-state index is 1.01. The lowest BCUT2D eigenvalue weighted by Gasteiger charge is -2.01. The molecule has 0 spiro atoms. The summed E-state index contributed by atoms with van der Waals surface area (Å²) in [5.74, 6) is 0. The van der Waals surface area contributed by atoms with Crippen LogP contribution in [0.5, 0.6) is 0 Å². The van der Waals surface area contributed by atoms with Crippen LogP contribution in [0, 0.1) is 0 Å². The second-order valence-corrected chi connectivity index (χ2v) is 3.62. The van der Waals surface area contributed by atoms with E-state index < -0.39 is 0 Å². The van der Waals surface area contributed by atoms with E-state index in [4.69, 9.17) is 0 Å². The molecule has 0 bridgehead atoms. The van der Waals surface area contributed by atoms with Crippen molar-refractivity contribution < 1.29 is 0 Å². The smallest absolute Gasteiger partial charge is 0.143 e. The number of aromatic nitrogens is 4. The molecule has 5 heteroatoms. The van der Waals surface area contributed by atoms with E-state index in [1.54, 1.807) is 11.0 Å². The first-order valence-corrected chi connectivity index (χ1v) is 4.67. The van der Waals surface area contributed by atoms with Crippen molar-refractivity contribution in [2.45, 2.75) is 0 Å². The van der Waals surface area contributed by atoms with Gasteiger partial charge in [-0.05, 0) is 21.7 Å². The van der Waals surface area contributed by atoms with E-state index in [0.29, 0.717) is 0 Å². The molecular formula is C7H8N4Si. The first-order valence-electron chi connectivity index (χ1n) is 3.67. The molecule has 0 saturated carbocycles. The summed E-state index contributed by atoms with van der Waals surface area (Å²) >= 11 is 0. The van der Waals surface area contributed by atoms with Crippen LogP contribution >= 0.6 is 0 Å². The van der Waals surface area contributed by atoms with E-state index in [1.165, 1.54) is 5.19 Å². The Kier molecular flexibility index (Phi) is 1.71. The minimum Gasteiger partial charge on any atom is -0.201 e. The lowest BCUT2D eigenvalue weighted by molar-refractivity contribution is 0.792. The maximum Gasteiger partial charge on any atom is 0.143 e. The Morgan fingerprint density at radius 1 is 1.25 bits per heavy atom. The SMILES string of the molecule is [SiH3]c1ccccc1-n1cnnn1. The summed E-state index contributed by atoms with van der Waals surface area (Å²) in [5.41, 5.74) is 1.08. The third-order valence-corrected chi connectivity index (χ3v) is 2.56. The zero-order chi connectivity index (χ0) is 8.39. The molecule has 1 aromatic carbocycles. The van der Waals surface area contributed by atoms with E-state index in [1.807, 2.05) is 18.2 Å². The van der Waals surface area contributed by atoms with Crippen LogP contribution in [0.3, 0.4) is 0 Å². The normalized spacial score (nSPS) is 10.3. The van der Waals surface area contributed by atoms with Crippen molar-refractivity contribution in [3.8, 4) is 5.69 Å². The second kappa shape index (κ2) is 2.86. The summed E-state index contributed by atoms with van der Waals surface area (Å²) in [6.07, 6.45) is 1.61. The number of nitrogens with zero attached hydrogens (tertiary/aromatic N) is 4. The summed E-state index contributed by atoms with van der Waals surface area (Å²) in [6.45, 7) is 0. The molecule has 0 aliphatic heterocycles. The van der Waals surface area contributed by atoms with Crippen molar-refractivity contribution in [2.75, 3.05) is 0 Å². The van der Waals surface area contributed by atoms with Gasteiger partial charge in [-0.15, -0.1) is 5.10 Å². The molecule has 12 heavy (non-hydrogen) atoms. The van der Waals surface area contributed by atoms with Gasteiger partial charge in [0.15, 0.2) is 0 Å². The van der Waals surface area contributed by atoms with Gasteiger partial charge < -0.3 is 0 Å². The van der Waals surface area contributed by atoms with Crippen molar-refractivity contribution in [3.05, 3.63) is 30.6 Å². The lowest BCUT2D eigenvalue weighted by atomic mass is 10.3. The van der Waals surface area contributed by atoms with Gasteiger partial charge in [-0.25, -0.2) is 4.68 Å². The van der Waals surface area contributed by atoms with E-state index >= 15 is 0 Å². The van der Waals surface area contributed by atoms with Gasteiger partial charge >= 0.3 is 0 Å². The van der Waals surface area contributed by atoms with Crippen molar-refractivity contribution in [2.24, 2.45) is 0 Å². The quantitative estimate of drug-likeness (QED) is 0.505. The molecule has 0 amide bonds. The summed E-state index contributed by atoms with van der Waals surface area (Å²) in [4.78, 5) is 0. The van der Waals surface area contributed by atoms with Gasteiger partial charge in [-0.2, -0.15) is 0 Å². The Balaban J connectivity index is 2.55. The molecule has 0 aliphatic rings. The standard InChI is InChI=1S/C7H8N4Si/c12-7-4-2-1-3-6(7)11-5-8-9-10-11/h1-5H,12H3. The van der Waals surface area contributed by atoms with Crippen LogP contribution in [0.25, 0.3) is 5.69 Å². The van der Waals surface area contributed by atoms with Gasteiger partial charge in [0.2, 0.25) is 0 Å². The Hall–Kier alpha value is -1.49. The number of tetrazole rings is 1. The number of hydrogen-bond donors (Lipinski definition) is 0. The van der Waals surface area contributed by atoms with Crippen LogP contribution in [0.15, 0.2) is 30.6 Å². The van der Waals surface area contributed by atoms with Gasteiger partial charge in [0.1, 0.15) is 6.33 Å². The van der Waals surface area contributed by atoms with E-state index in [2.05, 4.69) is 21.6 Å². The third kappa shape index (κ3) is 1.14. The molecule has 2 rings (SSSR count). The lowest BCUT2D eigenvalue weighted by Crippen LogP contribution is -2.12. The highest BCUT2D eigenvalue weighted by Gasteiger charge is 1.98. The highest BCUT2D eigenvalue weighted by molar-refractivity contribution is 6.34. The monoisotopic (exact) mass is 176 g/mol. The Bertz CT molecular complexity index is 371. The Morgan fingerprint density at radius 3 is 2.75 bits per heavy atom. The highest BCUT2D eigenvalue weighted by Crippen LogP contribution is 1.98. The van der Waals surface area contributed by atoms with Gasteiger partial charge in [-0.3, -0.25) is 0 Å². The maximum atomic E-state index is 3.83. The van der Waals surface area contributed by atoms with Crippen molar-refractivity contribution in [1.82, 2.24) is 20.2 Å². The molecule has 0 N–H and O–H groups in total. The fourth-order valence-corrected chi connectivity index (χ4v) is 1.68. The molecule has 1 heterocycles. The third-order valence-electron chi connectivity index (χ3n) is 1.71. The summed E-state index contributed by atoms with van der Waals surface area (Å²) in [6, 6.07) is 8.11. The zero-order valence-electron chi connectivity index (χ0n) is 6.68. The van der Waals surface area contributed by atoms with Crippen molar-refractivity contribution in [1.29, 1.82) is 0 Å². The van der Waals surface area contributed by atoms with Crippen LogP contribution in [-0.4, -0.2) is 30.4 Å². The van der Waals surface area contributed by atoms with Crippen LogP contribution in [0.2, 0.25) is 0 Å². The van der Waals surface area contributed by atoms with Crippen LogP contribution in [0.1, 0.15) is 0 Å². The van der Waals surface area contributed by atoms with E-state index in [9.17, 15) is 0 Å². The molecule has 0 saturated heterocycles. The molecule has 4 nitrogen and oxygen atoms in total. The summed E-state index contributed by atoms with van der Waals surface area (Å²) < 4.78 is 1.68. The summed E-state index contributed by atoms with van der Waals surface area (Å²) in [7, 11) is 1.01. The average Bonchev–Trinajstić information content (AvgIpc) is 2.57. The first kappa shape index (κ1) is 7.17. The molecule has 60 valence electrons. The van der Waals surface area contributed by atoms with Crippen molar-refractivity contribution >= 4 is 15.4 Å². The van der Waals surface area contributed by atoms with E-state index in [-0.39, 0.29) is 0 Å². The topological polar surface area (TPSA) is 43.6 Å². The van der Waals surface area contributed by atoms with Gasteiger partial charge in [0, 0.05) is 10.2 Å². The molecule has 0 atom stereocenters. The first-order chi connectivity index (χ1) is 5.88. The predicted octanol–water partition coefficient (Wildman–Crippen LogP) is -1.35. The zero-order valence-corrected chi connectivity index (χ0v) is 8.68. The van der Waals surface area contributed by atoms with Crippen LogP contribution in [-0.2, 0) is 0 Å². The van der Waals surface area contributed by atoms with Crippen LogP contribution in [0.4, 0.5) is 0 Å². The predicted molar refractivity (Wildman–Crippen MR) is 48.7 cm³/mol. The van der Waals surface area contributed by atoms with Gasteiger partial charge in [0.05, 0.1) is 5.69 Å². The number of benzene rings is 1. The van der Waals surface area contributed by atoms with Gasteiger partial charge in [0.25, 0.3) is 0 Å². The average molecular weight is 176 g/mol. The molecule has 0 radical (unpaired) electrons. The fourth-order valence-electron chi connectivity index (χ4n) is 1.09. The van der Waals surface area contributed by atoms with Crippen molar-refractivity contribution in [3.63, 3.8) is 0 Å². The van der Waals surface area contributed by atoms with Crippen LogP contribution < -0.4 is 5.19 Å². The fraction of sp³-hybridized carbons (Fsp3) is 0. The van der Waals surface area contributed by atoms with E-state index in [0.717, 1.165) is 15.9 Å². The summed E-state index contributed by atoms with van der Waals surface area (Å²) in [5, 5.41) is 12.3. The Morgan fingerprint density at radius 2 is 2.08 bits per heavy atom. The van der Waals surface area contributed by atoms with Gasteiger partial charge in [-0.1, -0.05) is 18.2 Å². The molecule has 0 aliphatic carbocycles. The number of rotatable bonds is 1. The molecule has 0 unspecified atom stereocenters. The number of para-hydroxylation sites is 1. The second-order valence-electron chi connectivity index (χ2n) is 2.54. The largest absolute Gasteiger partial charge is 0.201 e. The number of hydrogen-bond acceptors (Lipinski definition) is 3. The molecule has 2 aromatic rings. The highest BCUT2D eigenvalue weighted by atomic mass is 28.1. The molecule has 1 aromatic heterocycles.